The van der Waals surface area contributed by atoms with E-state index < -0.39 is 49.4 Å². The molecule has 9 nitrogen and oxygen atoms in total. The number of anilines is 2. The first-order chi connectivity index (χ1) is 18.8. The Bertz CT molecular complexity index is 1670. The SMILES string of the molecule is CC(C)(C)c1nc(-c2cccc(NS(=O)(=O)c3c(F)cccc3F)c2F)c(-c2ccnc(NCCC(=O)O)n2)s1. The first-order valence-corrected chi connectivity index (χ1v) is 14.1. The summed E-state index contributed by atoms with van der Waals surface area (Å²) in [6.45, 7) is 5.84. The van der Waals surface area contributed by atoms with Crippen LogP contribution in [0.2, 0.25) is 0 Å². The van der Waals surface area contributed by atoms with Gasteiger partial charge in [0.2, 0.25) is 5.95 Å². The van der Waals surface area contributed by atoms with Crippen molar-refractivity contribution in [3.63, 3.8) is 0 Å². The lowest BCUT2D eigenvalue weighted by molar-refractivity contribution is -0.136. The zero-order valence-corrected chi connectivity index (χ0v) is 23.1. The average Bonchev–Trinajstić information content (AvgIpc) is 3.31. The van der Waals surface area contributed by atoms with Crippen molar-refractivity contribution in [2.75, 3.05) is 16.6 Å². The molecule has 4 rings (SSSR count). The van der Waals surface area contributed by atoms with Crippen molar-refractivity contribution in [2.45, 2.75) is 37.5 Å². The number of sulfonamides is 1. The van der Waals surface area contributed by atoms with Gasteiger partial charge in [-0.05, 0) is 30.3 Å². The number of benzene rings is 2. The van der Waals surface area contributed by atoms with E-state index in [0.29, 0.717) is 15.6 Å². The van der Waals surface area contributed by atoms with Crippen LogP contribution in [0.15, 0.2) is 53.6 Å². The molecule has 0 fully saturated rings. The van der Waals surface area contributed by atoms with E-state index >= 15 is 4.39 Å². The van der Waals surface area contributed by atoms with Gasteiger partial charge >= 0.3 is 5.97 Å². The van der Waals surface area contributed by atoms with E-state index in [0.717, 1.165) is 24.3 Å². The van der Waals surface area contributed by atoms with Gasteiger partial charge in [-0.2, -0.15) is 0 Å². The molecule has 2 aromatic heterocycles. The summed E-state index contributed by atoms with van der Waals surface area (Å²) in [5.41, 5.74) is -0.508. The first kappa shape index (κ1) is 29.0. The third-order valence-corrected chi connectivity index (χ3v) is 8.38. The monoisotopic (exact) mass is 591 g/mol. The van der Waals surface area contributed by atoms with Crippen molar-refractivity contribution in [1.29, 1.82) is 0 Å². The molecule has 0 bridgehead atoms. The predicted octanol–water partition coefficient (Wildman–Crippen LogP) is 5.67. The largest absolute Gasteiger partial charge is 0.481 e. The van der Waals surface area contributed by atoms with Gasteiger partial charge in [0.25, 0.3) is 10.0 Å². The van der Waals surface area contributed by atoms with Crippen molar-refractivity contribution >= 4 is 39.0 Å². The molecule has 0 radical (unpaired) electrons. The van der Waals surface area contributed by atoms with Gasteiger partial charge in [0.05, 0.1) is 33.4 Å². The summed E-state index contributed by atoms with van der Waals surface area (Å²) in [5.74, 6) is -4.49. The predicted molar refractivity (Wildman–Crippen MR) is 145 cm³/mol. The quantitative estimate of drug-likeness (QED) is 0.227. The van der Waals surface area contributed by atoms with Crippen LogP contribution in [0.4, 0.5) is 24.8 Å². The second-order valence-corrected chi connectivity index (χ2v) is 12.2. The molecular formula is C26H24F3N5O4S2. The van der Waals surface area contributed by atoms with E-state index in [1.807, 2.05) is 25.5 Å². The fourth-order valence-electron chi connectivity index (χ4n) is 3.58. The van der Waals surface area contributed by atoms with Crippen LogP contribution in [0.25, 0.3) is 21.8 Å². The number of thiazole rings is 1. The number of hydrogen-bond acceptors (Lipinski definition) is 8. The van der Waals surface area contributed by atoms with Crippen LogP contribution in [0.5, 0.6) is 0 Å². The van der Waals surface area contributed by atoms with Crippen molar-refractivity contribution in [3.05, 3.63) is 71.1 Å². The molecule has 0 aliphatic heterocycles. The van der Waals surface area contributed by atoms with Gasteiger partial charge in [-0.25, -0.2) is 36.5 Å². The minimum absolute atomic E-state index is 0.0741. The molecule has 2 heterocycles. The summed E-state index contributed by atoms with van der Waals surface area (Å²) in [4.78, 5) is 23.2. The number of hydrogen-bond donors (Lipinski definition) is 3. The van der Waals surface area contributed by atoms with Gasteiger partial charge in [0, 0.05) is 23.7 Å². The molecule has 3 N–H and O–H groups in total. The van der Waals surface area contributed by atoms with Gasteiger partial charge in [-0.1, -0.05) is 32.9 Å². The summed E-state index contributed by atoms with van der Waals surface area (Å²) >= 11 is 1.25. The Morgan fingerprint density at radius 2 is 1.70 bits per heavy atom. The summed E-state index contributed by atoms with van der Waals surface area (Å²) in [7, 11) is -4.83. The lowest BCUT2D eigenvalue weighted by Gasteiger charge is -2.14. The fraction of sp³-hybridized carbons (Fsp3) is 0.231. The summed E-state index contributed by atoms with van der Waals surface area (Å²) < 4.78 is 71.8. The van der Waals surface area contributed by atoms with E-state index in [1.54, 1.807) is 6.07 Å². The molecule has 14 heteroatoms. The van der Waals surface area contributed by atoms with E-state index in [-0.39, 0.29) is 30.2 Å². The van der Waals surface area contributed by atoms with E-state index in [4.69, 9.17) is 5.11 Å². The van der Waals surface area contributed by atoms with Crippen LogP contribution in [0.3, 0.4) is 0 Å². The molecule has 0 atom stereocenters. The third-order valence-electron chi connectivity index (χ3n) is 5.46. The van der Waals surface area contributed by atoms with Crippen LogP contribution < -0.4 is 10.0 Å². The maximum absolute atomic E-state index is 15.9. The average molecular weight is 592 g/mol. The number of carbonyl (C=O) groups is 1. The highest BCUT2D eigenvalue weighted by Crippen LogP contribution is 2.42. The maximum atomic E-state index is 15.9. The Hall–Kier alpha value is -4.04. The number of aliphatic carboxylic acids is 1. The molecule has 0 spiro atoms. The molecule has 0 saturated heterocycles. The Morgan fingerprint density at radius 3 is 2.35 bits per heavy atom. The minimum Gasteiger partial charge on any atom is -0.481 e. The molecule has 0 saturated carbocycles. The topological polar surface area (TPSA) is 134 Å². The number of aromatic nitrogens is 3. The van der Waals surface area contributed by atoms with Gasteiger partial charge in [-0.15, -0.1) is 11.3 Å². The van der Waals surface area contributed by atoms with Gasteiger partial charge < -0.3 is 10.4 Å². The van der Waals surface area contributed by atoms with Gasteiger partial charge in [-0.3, -0.25) is 9.52 Å². The van der Waals surface area contributed by atoms with Crippen LogP contribution in [-0.2, 0) is 20.2 Å². The second-order valence-electron chi connectivity index (χ2n) is 9.61. The Kier molecular flexibility index (Phi) is 8.12. The van der Waals surface area contributed by atoms with E-state index in [2.05, 4.69) is 20.3 Å². The number of nitrogens with zero attached hydrogens (tertiary/aromatic N) is 3. The minimum atomic E-state index is -4.83. The third kappa shape index (κ3) is 6.23. The number of rotatable bonds is 9. The van der Waals surface area contributed by atoms with Gasteiger partial charge in [0.1, 0.15) is 11.6 Å². The smallest absolute Gasteiger partial charge is 0.305 e. The number of halogens is 3. The highest BCUT2D eigenvalue weighted by Gasteiger charge is 2.28. The van der Waals surface area contributed by atoms with Crippen molar-refractivity contribution in [2.24, 2.45) is 0 Å². The van der Waals surface area contributed by atoms with Crippen LogP contribution >= 0.6 is 11.3 Å². The summed E-state index contributed by atoms with van der Waals surface area (Å²) in [5, 5.41) is 12.3. The molecule has 0 aliphatic carbocycles. The molecule has 0 aliphatic rings. The lowest BCUT2D eigenvalue weighted by atomic mass is 9.98. The molecule has 0 unspecified atom stereocenters. The fourth-order valence-corrected chi connectivity index (χ4v) is 5.88. The number of carboxylic acid groups (broad SMARTS) is 1. The van der Waals surface area contributed by atoms with E-state index in [9.17, 15) is 22.0 Å². The Morgan fingerprint density at radius 1 is 1.02 bits per heavy atom. The molecule has 40 heavy (non-hydrogen) atoms. The van der Waals surface area contributed by atoms with Crippen molar-refractivity contribution < 1.29 is 31.5 Å². The highest BCUT2D eigenvalue weighted by atomic mass is 32.2. The Labute approximate surface area is 232 Å². The van der Waals surface area contributed by atoms with E-state index in [1.165, 1.54) is 29.7 Å². The maximum Gasteiger partial charge on any atom is 0.305 e. The molecule has 210 valence electrons. The Balaban J connectivity index is 1.79. The lowest BCUT2D eigenvalue weighted by Crippen LogP contribution is -2.17. The summed E-state index contributed by atoms with van der Waals surface area (Å²) in [6, 6.07) is 8.07. The van der Waals surface area contributed by atoms with Crippen LogP contribution in [0, 0.1) is 17.5 Å². The number of carboxylic acids is 1. The molecule has 2 aromatic carbocycles. The summed E-state index contributed by atoms with van der Waals surface area (Å²) in [6.07, 6.45) is 1.30. The normalized spacial score (nSPS) is 11.8. The van der Waals surface area contributed by atoms with Crippen molar-refractivity contribution in [1.82, 2.24) is 15.0 Å². The molecule has 4 aromatic rings. The second kappa shape index (κ2) is 11.2. The van der Waals surface area contributed by atoms with Crippen molar-refractivity contribution in [3.8, 4) is 21.8 Å². The zero-order chi connectivity index (χ0) is 29.2. The molecule has 0 amide bonds. The van der Waals surface area contributed by atoms with Crippen LogP contribution in [0.1, 0.15) is 32.2 Å². The zero-order valence-electron chi connectivity index (χ0n) is 21.5. The molecular weight excluding hydrogens is 567 g/mol. The highest BCUT2D eigenvalue weighted by molar-refractivity contribution is 7.92. The van der Waals surface area contributed by atoms with Gasteiger partial charge in [0.15, 0.2) is 10.7 Å². The number of nitrogens with one attached hydrogen (secondary N) is 2. The standard InChI is InChI=1S/C26H24F3N5O4S2/c1-26(2,3)24-33-21(22(39-24)18-10-12-30-25(32-18)31-13-11-19(35)36)14-6-4-9-17(20(14)29)34-40(37,38)23-15(27)7-5-8-16(23)28/h4-10,12,34H,11,13H2,1-3H3,(H,35,36)(H,30,31,32). The first-order valence-electron chi connectivity index (χ1n) is 11.8. The van der Waals surface area contributed by atoms with Crippen LogP contribution in [-0.4, -0.2) is 41.0 Å².